The highest BCUT2D eigenvalue weighted by molar-refractivity contribution is 7.80. The highest BCUT2D eigenvalue weighted by atomic mass is 32.1. The summed E-state index contributed by atoms with van der Waals surface area (Å²) in [4.78, 5) is 7.04. The lowest BCUT2D eigenvalue weighted by atomic mass is 10.2. The number of hydrogen-bond acceptors (Lipinski definition) is 2. The lowest BCUT2D eigenvalue weighted by molar-refractivity contribution is 0.703. The van der Waals surface area contributed by atoms with E-state index >= 15 is 0 Å². The highest BCUT2D eigenvalue weighted by Gasteiger charge is 1.94. The van der Waals surface area contributed by atoms with Crippen molar-refractivity contribution < 1.29 is 0 Å². The van der Waals surface area contributed by atoms with Gasteiger partial charge in [-0.3, -0.25) is 0 Å². The average Bonchev–Trinajstić information content (AvgIpc) is 2.55. The number of aromatic amines is 1. The van der Waals surface area contributed by atoms with Gasteiger partial charge >= 0.3 is 0 Å². The van der Waals surface area contributed by atoms with Gasteiger partial charge in [-0.2, -0.15) is 0 Å². The van der Waals surface area contributed by atoms with Crippen molar-refractivity contribution in [2.75, 3.05) is 6.54 Å². The average molecular weight is 198 g/mol. The summed E-state index contributed by atoms with van der Waals surface area (Å²) in [6.07, 6.45) is 6.77. The quantitative estimate of drug-likeness (QED) is 0.478. The minimum Gasteiger partial charge on any atom is -0.376 e. The van der Waals surface area contributed by atoms with Crippen molar-refractivity contribution in [2.24, 2.45) is 5.73 Å². The number of nitrogens with zero attached hydrogens (tertiary/aromatic N) is 1. The molecule has 0 aromatic carbocycles. The predicted molar refractivity (Wildman–Crippen MR) is 56.3 cm³/mol. The summed E-state index contributed by atoms with van der Waals surface area (Å²) in [7, 11) is 0. The Balaban J connectivity index is 1.99. The van der Waals surface area contributed by atoms with Gasteiger partial charge in [-0.25, -0.2) is 4.98 Å². The van der Waals surface area contributed by atoms with E-state index in [9.17, 15) is 0 Å². The van der Waals surface area contributed by atoms with Gasteiger partial charge in [-0.05, 0) is 31.5 Å². The Kier molecular flexibility index (Phi) is 4.25. The summed E-state index contributed by atoms with van der Waals surface area (Å²) < 4.78 is 0. The first-order valence-corrected chi connectivity index (χ1v) is 4.71. The number of aromatic nitrogens is 2. The van der Waals surface area contributed by atoms with Crippen LogP contribution in [-0.2, 0) is 6.42 Å². The van der Waals surface area contributed by atoms with E-state index in [4.69, 9.17) is 5.73 Å². The normalized spacial score (nSPS) is 9.85. The van der Waals surface area contributed by atoms with Gasteiger partial charge in [-0.1, -0.05) is 0 Å². The first kappa shape index (κ1) is 9.98. The van der Waals surface area contributed by atoms with E-state index in [2.05, 4.69) is 27.5 Å². The van der Waals surface area contributed by atoms with E-state index in [0.29, 0.717) is 5.11 Å². The molecular weight excluding hydrogens is 184 g/mol. The topological polar surface area (TPSA) is 66.7 Å². The van der Waals surface area contributed by atoms with Gasteiger partial charge in [-0.15, -0.1) is 0 Å². The Bertz CT molecular complexity index is 245. The van der Waals surface area contributed by atoms with Crippen LogP contribution in [0.3, 0.4) is 0 Å². The minimum atomic E-state index is 0.375. The van der Waals surface area contributed by atoms with Crippen LogP contribution in [0.2, 0.25) is 0 Å². The number of unbranched alkanes of at least 4 members (excludes halogenated alkanes) is 1. The molecule has 0 atom stereocenters. The molecule has 0 unspecified atom stereocenters. The number of rotatable bonds is 5. The van der Waals surface area contributed by atoms with Crippen molar-refractivity contribution in [3.05, 3.63) is 18.2 Å². The van der Waals surface area contributed by atoms with Gasteiger partial charge < -0.3 is 16.0 Å². The van der Waals surface area contributed by atoms with E-state index in [1.165, 1.54) is 0 Å². The Morgan fingerprint density at radius 2 is 2.46 bits per heavy atom. The lowest BCUT2D eigenvalue weighted by Gasteiger charge is -2.01. The summed E-state index contributed by atoms with van der Waals surface area (Å²) in [6, 6.07) is 0. The van der Waals surface area contributed by atoms with Gasteiger partial charge in [0.05, 0.1) is 12.0 Å². The number of nitrogens with two attached hydrogens (primary N) is 1. The molecule has 0 aliphatic carbocycles. The standard InChI is InChI=1S/C8H14N4S/c9-8(13)11-4-2-1-3-7-5-10-6-12-7/h5-6H,1-4H2,(H,10,12)(H3,9,11,13). The Labute approximate surface area is 82.9 Å². The van der Waals surface area contributed by atoms with Gasteiger partial charge in [0.15, 0.2) is 5.11 Å². The molecule has 4 nitrogen and oxygen atoms in total. The molecule has 1 heterocycles. The third kappa shape index (κ3) is 4.47. The summed E-state index contributed by atoms with van der Waals surface area (Å²) >= 11 is 4.67. The number of H-pyrrole nitrogens is 1. The SMILES string of the molecule is NC(=S)NCCCCc1c[nH]cn1. The van der Waals surface area contributed by atoms with E-state index in [1.807, 2.05) is 6.20 Å². The molecule has 5 heteroatoms. The van der Waals surface area contributed by atoms with Crippen LogP contribution in [0.1, 0.15) is 18.5 Å². The third-order valence-electron chi connectivity index (χ3n) is 1.71. The molecule has 4 N–H and O–H groups in total. The van der Waals surface area contributed by atoms with E-state index in [0.717, 1.165) is 31.5 Å². The molecule has 1 aromatic heterocycles. The Morgan fingerprint density at radius 3 is 3.08 bits per heavy atom. The Hall–Kier alpha value is -1.10. The minimum absolute atomic E-state index is 0.375. The van der Waals surface area contributed by atoms with Crippen molar-refractivity contribution in [3.8, 4) is 0 Å². The predicted octanol–water partition coefficient (Wildman–Crippen LogP) is 0.566. The first-order valence-electron chi connectivity index (χ1n) is 4.30. The first-order chi connectivity index (χ1) is 6.29. The Morgan fingerprint density at radius 1 is 1.62 bits per heavy atom. The maximum atomic E-state index is 5.27. The largest absolute Gasteiger partial charge is 0.376 e. The van der Waals surface area contributed by atoms with Gasteiger partial charge in [0.1, 0.15) is 0 Å². The van der Waals surface area contributed by atoms with Crippen LogP contribution in [0.4, 0.5) is 0 Å². The number of hydrogen-bond donors (Lipinski definition) is 3. The summed E-state index contributed by atoms with van der Waals surface area (Å²) in [5.41, 5.74) is 6.38. The zero-order chi connectivity index (χ0) is 9.52. The van der Waals surface area contributed by atoms with Crippen molar-refractivity contribution in [2.45, 2.75) is 19.3 Å². The van der Waals surface area contributed by atoms with Crippen LogP contribution in [0.15, 0.2) is 12.5 Å². The maximum Gasteiger partial charge on any atom is 0.163 e. The molecule has 0 saturated carbocycles. The zero-order valence-corrected chi connectivity index (χ0v) is 8.23. The fraction of sp³-hybridized carbons (Fsp3) is 0.500. The van der Waals surface area contributed by atoms with Crippen molar-refractivity contribution in [1.29, 1.82) is 0 Å². The molecule has 72 valence electrons. The van der Waals surface area contributed by atoms with Crippen LogP contribution in [-0.4, -0.2) is 21.6 Å². The number of imidazole rings is 1. The van der Waals surface area contributed by atoms with Crippen LogP contribution in [0, 0.1) is 0 Å². The highest BCUT2D eigenvalue weighted by Crippen LogP contribution is 1.98. The van der Waals surface area contributed by atoms with Gasteiger partial charge in [0.25, 0.3) is 0 Å². The molecule has 1 rings (SSSR count). The molecule has 0 aliphatic rings. The fourth-order valence-electron chi connectivity index (χ4n) is 1.07. The lowest BCUT2D eigenvalue weighted by Crippen LogP contribution is -2.29. The second kappa shape index (κ2) is 5.53. The van der Waals surface area contributed by atoms with Gasteiger partial charge in [0, 0.05) is 12.7 Å². The van der Waals surface area contributed by atoms with Crippen molar-refractivity contribution in [3.63, 3.8) is 0 Å². The van der Waals surface area contributed by atoms with Gasteiger partial charge in [0.2, 0.25) is 0 Å². The molecule has 0 aliphatic heterocycles. The second-order valence-electron chi connectivity index (χ2n) is 2.81. The maximum absolute atomic E-state index is 5.27. The second-order valence-corrected chi connectivity index (χ2v) is 3.25. The van der Waals surface area contributed by atoms with E-state index < -0.39 is 0 Å². The molecule has 0 radical (unpaired) electrons. The van der Waals surface area contributed by atoms with Crippen molar-refractivity contribution in [1.82, 2.24) is 15.3 Å². The van der Waals surface area contributed by atoms with Crippen molar-refractivity contribution >= 4 is 17.3 Å². The summed E-state index contributed by atoms with van der Waals surface area (Å²) in [5, 5.41) is 3.28. The fourth-order valence-corrected chi connectivity index (χ4v) is 1.17. The molecule has 13 heavy (non-hydrogen) atoms. The number of aryl methyl sites for hydroxylation is 1. The molecule has 0 spiro atoms. The smallest absolute Gasteiger partial charge is 0.163 e. The van der Waals surface area contributed by atoms with E-state index in [1.54, 1.807) is 6.33 Å². The molecule has 0 fully saturated rings. The van der Waals surface area contributed by atoms with Crippen LogP contribution >= 0.6 is 12.2 Å². The molecule has 0 amide bonds. The van der Waals surface area contributed by atoms with Crippen LogP contribution in [0.25, 0.3) is 0 Å². The zero-order valence-electron chi connectivity index (χ0n) is 7.42. The number of nitrogens with one attached hydrogen (secondary N) is 2. The summed E-state index contributed by atoms with van der Waals surface area (Å²) in [5.74, 6) is 0. The third-order valence-corrected chi connectivity index (χ3v) is 1.86. The summed E-state index contributed by atoms with van der Waals surface area (Å²) in [6.45, 7) is 0.847. The molecule has 0 saturated heterocycles. The molecular formula is C8H14N4S. The van der Waals surface area contributed by atoms with Crippen LogP contribution < -0.4 is 11.1 Å². The van der Waals surface area contributed by atoms with Crippen LogP contribution in [0.5, 0.6) is 0 Å². The molecule has 0 bridgehead atoms. The number of thiocarbonyl (C=S) groups is 1. The van der Waals surface area contributed by atoms with E-state index in [-0.39, 0.29) is 0 Å². The monoisotopic (exact) mass is 198 g/mol. The molecule has 1 aromatic rings.